The number of carbonyl (C=O) groups excluding carboxylic acids is 1. The van der Waals surface area contributed by atoms with E-state index in [-0.39, 0.29) is 6.03 Å². The molecule has 1 heterocycles. The van der Waals surface area contributed by atoms with E-state index in [1.54, 1.807) is 16.8 Å². The first-order chi connectivity index (χ1) is 11.4. The summed E-state index contributed by atoms with van der Waals surface area (Å²) in [7, 11) is 0. The monoisotopic (exact) mass is 368 g/mol. The molecule has 0 atom stereocenters. The van der Waals surface area contributed by atoms with E-state index < -0.39 is 0 Å². The van der Waals surface area contributed by atoms with E-state index in [9.17, 15) is 4.79 Å². The Morgan fingerprint density at radius 3 is 2.54 bits per heavy atom. The lowest BCUT2D eigenvalue weighted by molar-refractivity contribution is 0.252. The van der Waals surface area contributed by atoms with Gasteiger partial charge in [0.1, 0.15) is 0 Å². The van der Waals surface area contributed by atoms with Crippen molar-refractivity contribution in [3.05, 3.63) is 45.2 Å². The highest BCUT2D eigenvalue weighted by Gasteiger charge is 2.16. The molecule has 130 valence electrons. The van der Waals surface area contributed by atoms with E-state index in [1.165, 1.54) is 0 Å². The Bertz CT molecular complexity index is 707. The second kappa shape index (κ2) is 8.40. The van der Waals surface area contributed by atoms with Gasteiger partial charge in [-0.3, -0.25) is 4.68 Å². The van der Waals surface area contributed by atoms with Gasteiger partial charge in [0, 0.05) is 22.2 Å². The molecule has 0 saturated carbocycles. The number of hydrogen-bond donors (Lipinski definition) is 2. The van der Waals surface area contributed by atoms with E-state index in [2.05, 4.69) is 22.7 Å². The molecule has 0 radical (unpaired) electrons. The standard InChI is InChI=1S/C17H22Cl2N4O/c1-4-5-9-20-17(24)21-16-11(2)22-23(12(16)3)10-13-14(18)7-6-8-15(13)19/h6-8H,4-5,9-10H2,1-3H3,(H2,20,21,24). The lowest BCUT2D eigenvalue weighted by atomic mass is 10.2. The molecular formula is C17H22Cl2N4O. The SMILES string of the molecule is CCCCNC(=O)Nc1c(C)nn(Cc2c(Cl)cccc2Cl)c1C. The van der Waals surface area contributed by atoms with Crippen LogP contribution in [0.15, 0.2) is 18.2 Å². The van der Waals surface area contributed by atoms with Crippen LogP contribution in [0, 0.1) is 13.8 Å². The van der Waals surface area contributed by atoms with Gasteiger partial charge in [-0.2, -0.15) is 5.10 Å². The second-order valence-corrected chi connectivity index (χ2v) is 6.45. The van der Waals surface area contributed by atoms with Crippen molar-refractivity contribution in [3.63, 3.8) is 0 Å². The quantitative estimate of drug-likeness (QED) is 0.720. The molecule has 0 aliphatic heterocycles. The lowest BCUT2D eigenvalue weighted by Crippen LogP contribution is -2.29. The Balaban J connectivity index is 2.15. The van der Waals surface area contributed by atoms with Crippen LogP contribution in [0.5, 0.6) is 0 Å². The maximum atomic E-state index is 12.0. The van der Waals surface area contributed by atoms with Crippen LogP contribution in [0.1, 0.15) is 36.7 Å². The maximum absolute atomic E-state index is 12.0. The molecule has 2 aromatic rings. The number of urea groups is 1. The molecular weight excluding hydrogens is 347 g/mol. The summed E-state index contributed by atoms with van der Waals surface area (Å²) in [5, 5.41) is 11.4. The zero-order valence-corrected chi connectivity index (χ0v) is 15.6. The highest BCUT2D eigenvalue weighted by Crippen LogP contribution is 2.27. The topological polar surface area (TPSA) is 59.0 Å². The van der Waals surface area contributed by atoms with Gasteiger partial charge in [0.2, 0.25) is 0 Å². The molecule has 0 bridgehead atoms. The van der Waals surface area contributed by atoms with Crippen LogP contribution < -0.4 is 10.6 Å². The summed E-state index contributed by atoms with van der Waals surface area (Å²) in [6.45, 7) is 6.96. The van der Waals surface area contributed by atoms with Crippen LogP contribution in [-0.4, -0.2) is 22.4 Å². The third-order valence-corrected chi connectivity index (χ3v) is 4.51. The van der Waals surface area contributed by atoms with Gasteiger partial charge < -0.3 is 10.6 Å². The molecule has 2 N–H and O–H groups in total. The van der Waals surface area contributed by atoms with Gasteiger partial charge in [-0.05, 0) is 32.4 Å². The summed E-state index contributed by atoms with van der Waals surface area (Å²) >= 11 is 12.5. The number of unbranched alkanes of at least 4 members (excludes halogenated alkanes) is 1. The average molecular weight is 369 g/mol. The summed E-state index contributed by atoms with van der Waals surface area (Å²) in [5.41, 5.74) is 3.13. The molecule has 0 spiro atoms. The van der Waals surface area contributed by atoms with Gasteiger partial charge in [-0.1, -0.05) is 42.6 Å². The van der Waals surface area contributed by atoms with Crippen molar-refractivity contribution in [1.29, 1.82) is 0 Å². The first kappa shape index (κ1) is 18.6. The number of halogens is 2. The highest BCUT2D eigenvalue weighted by atomic mass is 35.5. The Morgan fingerprint density at radius 2 is 1.92 bits per heavy atom. The molecule has 0 unspecified atom stereocenters. The number of nitrogens with one attached hydrogen (secondary N) is 2. The lowest BCUT2D eigenvalue weighted by Gasteiger charge is -2.10. The zero-order valence-electron chi connectivity index (χ0n) is 14.1. The molecule has 2 rings (SSSR count). The summed E-state index contributed by atoms with van der Waals surface area (Å²) in [6, 6.07) is 5.19. The van der Waals surface area contributed by atoms with Gasteiger partial charge >= 0.3 is 6.03 Å². The highest BCUT2D eigenvalue weighted by molar-refractivity contribution is 6.35. The van der Waals surface area contributed by atoms with Crippen molar-refractivity contribution in [2.75, 3.05) is 11.9 Å². The van der Waals surface area contributed by atoms with Gasteiger partial charge in [0.15, 0.2) is 0 Å². The van der Waals surface area contributed by atoms with Gasteiger partial charge in [0.05, 0.1) is 23.6 Å². The van der Waals surface area contributed by atoms with E-state index in [0.717, 1.165) is 29.8 Å². The third-order valence-electron chi connectivity index (χ3n) is 3.81. The number of aromatic nitrogens is 2. The van der Waals surface area contributed by atoms with Gasteiger partial charge in [0.25, 0.3) is 0 Å². The average Bonchev–Trinajstić information content (AvgIpc) is 2.79. The number of carbonyl (C=O) groups is 1. The maximum Gasteiger partial charge on any atom is 0.319 e. The molecule has 5 nitrogen and oxygen atoms in total. The first-order valence-electron chi connectivity index (χ1n) is 7.95. The van der Waals surface area contributed by atoms with Crippen molar-refractivity contribution in [3.8, 4) is 0 Å². The fourth-order valence-corrected chi connectivity index (χ4v) is 2.92. The Labute approximate surface area is 152 Å². The van der Waals surface area contributed by atoms with Crippen molar-refractivity contribution < 1.29 is 4.79 Å². The molecule has 1 aromatic heterocycles. The number of hydrogen-bond acceptors (Lipinski definition) is 2. The van der Waals surface area contributed by atoms with Crippen molar-refractivity contribution in [1.82, 2.24) is 15.1 Å². The Kier molecular flexibility index (Phi) is 6.52. The number of benzene rings is 1. The van der Waals surface area contributed by atoms with E-state index >= 15 is 0 Å². The third kappa shape index (κ3) is 4.42. The largest absolute Gasteiger partial charge is 0.338 e. The number of amides is 2. The Morgan fingerprint density at radius 1 is 1.25 bits per heavy atom. The van der Waals surface area contributed by atoms with E-state index in [1.807, 2.05) is 19.9 Å². The molecule has 7 heteroatoms. The first-order valence-corrected chi connectivity index (χ1v) is 8.71. The van der Waals surface area contributed by atoms with Gasteiger partial charge in [-0.25, -0.2) is 4.79 Å². The number of rotatable bonds is 6. The minimum atomic E-state index is -0.218. The predicted molar refractivity (Wildman–Crippen MR) is 99.2 cm³/mol. The second-order valence-electron chi connectivity index (χ2n) is 5.64. The smallest absolute Gasteiger partial charge is 0.319 e. The summed E-state index contributed by atoms with van der Waals surface area (Å²) in [4.78, 5) is 12.0. The van der Waals surface area contributed by atoms with Crippen LogP contribution in [0.25, 0.3) is 0 Å². The van der Waals surface area contributed by atoms with Crippen LogP contribution in [0.4, 0.5) is 10.5 Å². The van der Waals surface area contributed by atoms with Crippen LogP contribution in [0.3, 0.4) is 0 Å². The predicted octanol–water partition coefficient (Wildman–Crippen LogP) is 4.78. The number of nitrogens with zero attached hydrogens (tertiary/aromatic N) is 2. The van der Waals surface area contributed by atoms with Crippen molar-refractivity contribution in [2.24, 2.45) is 0 Å². The van der Waals surface area contributed by atoms with Crippen molar-refractivity contribution in [2.45, 2.75) is 40.2 Å². The summed E-state index contributed by atoms with van der Waals surface area (Å²) in [5.74, 6) is 0. The Hall–Kier alpha value is -1.72. The summed E-state index contributed by atoms with van der Waals surface area (Å²) < 4.78 is 1.80. The van der Waals surface area contributed by atoms with E-state index in [0.29, 0.717) is 28.8 Å². The summed E-state index contributed by atoms with van der Waals surface area (Å²) in [6.07, 6.45) is 1.99. The zero-order chi connectivity index (χ0) is 17.7. The molecule has 2 amide bonds. The molecule has 24 heavy (non-hydrogen) atoms. The minimum Gasteiger partial charge on any atom is -0.338 e. The van der Waals surface area contributed by atoms with Crippen LogP contribution in [0.2, 0.25) is 10.0 Å². The fourth-order valence-electron chi connectivity index (χ4n) is 2.40. The van der Waals surface area contributed by atoms with Crippen molar-refractivity contribution >= 4 is 34.9 Å². The minimum absolute atomic E-state index is 0.218. The number of anilines is 1. The normalized spacial score (nSPS) is 10.7. The van der Waals surface area contributed by atoms with Gasteiger partial charge in [-0.15, -0.1) is 0 Å². The van der Waals surface area contributed by atoms with Crippen LogP contribution in [-0.2, 0) is 6.54 Å². The molecule has 0 saturated heterocycles. The molecule has 1 aromatic carbocycles. The molecule has 0 aliphatic carbocycles. The van der Waals surface area contributed by atoms with E-state index in [4.69, 9.17) is 23.2 Å². The van der Waals surface area contributed by atoms with Crippen LogP contribution >= 0.6 is 23.2 Å². The fraction of sp³-hybridized carbons (Fsp3) is 0.412. The molecule has 0 aliphatic rings. The molecule has 0 fully saturated rings. The number of aryl methyl sites for hydroxylation is 1.